The van der Waals surface area contributed by atoms with Crippen LogP contribution in [0.2, 0.25) is 0 Å². The summed E-state index contributed by atoms with van der Waals surface area (Å²) in [6.45, 7) is 0. The van der Waals surface area contributed by atoms with Gasteiger partial charge in [0.25, 0.3) is 0 Å². The van der Waals surface area contributed by atoms with Crippen molar-refractivity contribution < 1.29 is 4.79 Å². The van der Waals surface area contributed by atoms with Crippen molar-refractivity contribution in [3.8, 4) is 0 Å². The molecule has 2 N–H and O–H groups in total. The number of H-pyrrole nitrogens is 1. The summed E-state index contributed by atoms with van der Waals surface area (Å²) in [5, 5.41) is 8.87. The number of nitrogens with one attached hydrogen (secondary N) is 2. The minimum absolute atomic E-state index is 0.0441. The topological polar surface area (TPSA) is 70.7 Å². The van der Waals surface area contributed by atoms with E-state index in [9.17, 15) is 4.79 Å². The Morgan fingerprint density at radius 3 is 3.06 bits per heavy atom. The molecule has 17 heavy (non-hydrogen) atoms. The highest BCUT2D eigenvalue weighted by Gasteiger charge is 2.05. The fourth-order valence-electron chi connectivity index (χ4n) is 1.37. The average Bonchev–Trinajstić information content (AvgIpc) is 2.90. The van der Waals surface area contributed by atoms with E-state index < -0.39 is 0 Å². The van der Waals surface area contributed by atoms with Crippen LogP contribution in [0.15, 0.2) is 22.2 Å². The zero-order valence-corrected chi connectivity index (χ0v) is 11.3. The molecule has 0 saturated heterocycles. The fraction of sp³-hybridized carbons (Fsp3) is 0.300. The molecule has 0 aliphatic carbocycles. The Bertz CT molecular complexity index is 482. The lowest BCUT2D eigenvalue weighted by Crippen LogP contribution is -2.12. The quantitative estimate of drug-likeness (QED) is 0.891. The molecule has 0 atom stereocenters. The SMILES string of the molecule is O=C(CCCc1ccc(Br)s1)Nc1ncn[nH]1. The molecule has 2 rings (SSSR count). The van der Waals surface area contributed by atoms with Gasteiger partial charge in [-0.05, 0) is 40.9 Å². The third kappa shape index (κ3) is 3.94. The van der Waals surface area contributed by atoms with Gasteiger partial charge in [-0.3, -0.25) is 10.1 Å². The van der Waals surface area contributed by atoms with Crippen molar-refractivity contribution in [3.63, 3.8) is 0 Å². The van der Waals surface area contributed by atoms with Gasteiger partial charge >= 0.3 is 0 Å². The molecule has 0 aliphatic rings. The van der Waals surface area contributed by atoms with E-state index in [0.717, 1.165) is 16.6 Å². The zero-order chi connectivity index (χ0) is 12.1. The molecule has 7 heteroatoms. The fourth-order valence-corrected chi connectivity index (χ4v) is 2.89. The first kappa shape index (κ1) is 12.3. The molecule has 0 aliphatic heterocycles. The summed E-state index contributed by atoms with van der Waals surface area (Å²) in [5.74, 6) is 0.353. The molecular weight excluding hydrogens is 304 g/mol. The van der Waals surface area contributed by atoms with E-state index in [4.69, 9.17) is 0 Å². The second kappa shape index (κ2) is 5.92. The van der Waals surface area contributed by atoms with Crippen molar-refractivity contribution in [2.24, 2.45) is 0 Å². The summed E-state index contributed by atoms with van der Waals surface area (Å²) in [7, 11) is 0. The number of aromatic amines is 1. The van der Waals surface area contributed by atoms with Gasteiger partial charge in [0, 0.05) is 11.3 Å². The number of aryl methyl sites for hydroxylation is 1. The average molecular weight is 315 g/mol. The van der Waals surface area contributed by atoms with Gasteiger partial charge in [0.2, 0.25) is 11.9 Å². The Labute approximate surface area is 111 Å². The second-order valence-corrected chi connectivity index (χ2v) is 5.99. The van der Waals surface area contributed by atoms with Gasteiger partial charge < -0.3 is 0 Å². The van der Waals surface area contributed by atoms with Crippen molar-refractivity contribution in [2.75, 3.05) is 5.32 Å². The largest absolute Gasteiger partial charge is 0.295 e. The molecule has 2 aromatic heterocycles. The summed E-state index contributed by atoms with van der Waals surface area (Å²) < 4.78 is 1.12. The number of anilines is 1. The van der Waals surface area contributed by atoms with Crippen LogP contribution in [-0.4, -0.2) is 21.1 Å². The van der Waals surface area contributed by atoms with E-state index in [2.05, 4.69) is 42.5 Å². The second-order valence-electron chi connectivity index (χ2n) is 3.44. The third-order valence-corrected chi connectivity index (χ3v) is 3.81. The van der Waals surface area contributed by atoms with Crippen molar-refractivity contribution in [1.82, 2.24) is 15.2 Å². The van der Waals surface area contributed by atoms with Crippen LogP contribution in [0.25, 0.3) is 0 Å². The first-order chi connectivity index (χ1) is 8.24. The Kier molecular flexibility index (Phi) is 4.27. The molecular formula is C10H11BrN4OS. The molecule has 1 amide bonds. The summed E-state index contributed by atoms with van der Waals surface area (Å²) in [5.41, 5.74) is 0. The number of thiophene rings is 1. The third-order valence-electron chi connectivity index (χ3n) is 2.13. The van der Waals surface area contributed by atoms with Crippen LogP contribution in [0.1, 0.15) is 17.7 Å². The number of amides is 1. The highest BCUT2D eigenvalue weighted by Crippen LogP contribution is 2.23. The van der Waals surface area contributed by atoms with Crippen molar-refractivity contribution in [1.29, 1.82) is 0 Å². The number of carbonyl (C=O) groups excluding carboxylic acids is 1. The van der Waals surface area contributed by atoms with Crippen LogP contribution in [0.5, 0.6) is 0 Å². The molecule has 2 aromatic rings. The van der Waals surface area contributed by atoms with Crippen LogP contribution in [0.4, 0.5) is 5.95 Å². The van der Waals surface area contributed by atoms with Gasteiger partial charge in [0.15, 0.2) is 0 Å². The number of halogens is 1. The highest BCUT2D eigenvalue weighted by atomic mass is 79.9. The first-order valence-electron chi connectivity index (χ1n) is 5.13. The van der Waals surface area contributed by atoms with E-state index in [0.29, 0.717) is 12.4 Å². The number of nitrogens with zero attached hydrogens (tertiary/aromatic N) is 2. The predicted molar refractivity (Wildman–Crippen MR) is 70.0 cm³/mol. The van der Waals surface area contributed by atoms with Gasteiger partial charge in [-0.1, -0.05) is 0 Å². The molecule has 5 nitrogen and oxygen atoms in total. The summed E-state index contributed by atoms with van der Waals surface area (Å²) in [6.07, 6.45) is 3.59. The van der Waals surface area contributed by atoms with Gasteiger partial charge in [0.1, 0.15) is 6.33 Å². The van der Waals surface area contributed by atoms with Crippen LogP contribution < -0.4 is 5.32 Å². The lowest BCUT2D eigenvalue weighted by molar-refractivity contribution is -0.116. The Balaban J connectivity index is 1.70. The number of carbonyl (C=O) groups is 1. The maximum Gasteiger partial charge on any atom is 0.226 e. The Morgan fingerprint density at radius 2 is 2.41 bits per heavy atom. The van der Waals surface area contributed by atoms with Crippen LogP contribution in [0.3, 0.4) is 0 Å². The Morgan fingerprint density at radius 1 is 1.53 bits per heavy atom. The van der Waals surface area contributed by atoms with Gasteiger partial charge in [-0.15, -0.1) is 11.3 Å². The molecule has 0 radical (unpaired) electrons. The molecule has 0 unspecified atom stereocenters. The molecule has 90 valence electrons. The lowest BCUT2D eigenvalue weighted by Gasteiger charge is -2.00. The molecule has 0 fully saturated rings. The van der Waals surface area contributed by atoms with E-state index in [-0.39, 0.29) is 5.91 Å². The molecule has 2 heterocycles. The minimum Gasteiger partial charge on any atom is -0.295 e. The number of hydrogen-bond donors (Lipinski definition) is 2. The first-order valence-corrected chi connectivity index (χ1v) is 6.74. The monoisotopic (exact) mass is 314 g/mol. The minimum atomic E-state index is -0.0441. The maximum atomic E-state index is 11.5. The summed E-state index contributed by atoms with van der Waals surface area (Å²) in [4.78, 5) is 16.6. The summed E-state index contributed by atoms with van der Waals surface area (Å²) in [6, 6.07) is 4.09. The van der Waals surface area contributed by atoms with E-state index in [1.807, 2.05) is 6.07 Å². The Hall–Kier alpha value is -1.21. The predicted octanol–water partition coefficient (Wildman–Crippen LogP) is 2.59. The highest BCUT2D eigenvalue weighted by molar-refractivity contribution is 9.11. The van der Waals surface area contributed by atoms with E-state index >= 15 is 0 Å². The smallest absolute Gasteiger partial charge is 0.226 e. The van der Waals surface area contributed by atoms with Crippen LogP contribution >= 0.6 is 27.3 Å². The normalized spacial score (nSPS) is 10.4. The molecule has 0 bridgehead atoms. The van der Waals surface area contributed by atoms with Gasteiger partial charge in [-0.25, -0.2) is 5.10 Å². The van der Waals surface area contributed by atoms with Crippen molar-refractivity contribution in [2.45, 2.75) is 19.3 Å². The number of hydrogen-bond acceptors (Lipinski definition) is 4. The van der Waals surface area contributed by atoms with Crippen LogP contribution in [-0.2, 0) is 11.2 Å². The maximum absolute atomic E-state index is 11.5. The molecule has 0 spiro atoms. The zero-order valence-electron chi connectivity index (χ0n) is 8.94. The van der Waals surface area contributed by atoms with E-state index in [1.54, 1.807) is 11.3 Å². The summed E-state index contributed by atoms with van der Waals surface area (Å²) >= 11 is 5.11. The molecule has 0 aromatic carbocycles. The lowest BCUT2D eigenvalue weighted by atomic mass is 10.2. The van der Waals surface area contributed by atoms with Crippen LogP contribution in [0, 0.1) is 0 Å². The van der Waals surface area contributed by atoms with Gasteiger partial charge in [0.05, 0.1) is 3.79 Å². The van der Waals surface area contributed by atoms with Crippen molar-refractivity contribution in [3.05, 3.63) is 27.1 Å². The van der Waals surface area contributed by atoms with Gasteiger partial charge in [-0.2, -0.15) is 10.1 Å². The van der Waals surface area contributed by atoms with E-state index in [1.165, 1.54) is 11.2 Å². The number of aromatic nitrogens is 3. The standard InChI is InChI=1S/C10H11BrN4OS/c11-8-5-4-7(17-8)2-1-3-9(16)14-10-12-6-13-15-10/h4-6H,1-3H2,(H2,12,13,14,15,16). The molecule has 0 saturated carbocycles. The number of rotatable bonds is 5. The van der Waals surface area contributed by atoms with Crippen molar-refractivity contribution >= 4 is 39.1 Å².